The van der Waals surface area contributed by atoms with E-state index in [9.17, 15) is 14.4 Å². The van der Waals surface area contributed by atoms with Crippen LogP contribution in [0.2, 0.25) is 0 Å². The third-order valence-corrected chi connectivity index (χ3v) is 4.68. The molecule has 0 aliphatic carbocycles. The molecule has 1 aromatic heterocycles. The van der Waals surface area contributed by atoms with Gasteiger partial charge < -0.3 is 19.8 Å². The standard InChI is InChI=1S/C24H21BrN2O5/c25-21-12-11-20(32-21)24(30)27-19(15-17-7-3-1-4-8-17)23(29)26-14-13-22(28)31-16-18-9-5-2-6-10-18/h1-12,15H,13-14,16H2,(H,26,29)(H,27,30). The maximum atomic E-state index is 12.7. The van der Waals surface area contributed by atoms with E-state index in [0.29, 0.717) is 4.67 Å². The summed E-state index contributed by atoms with van der Waals surface area (Å²) in [4.78, 5) is 37.1. The number of halogens is 1. The highest BCUT2D eigenvalue weighted by Gasteiger charge is 2.17. The molecule has 8 heteroatoms. The quantitative estimate of drug-likeness (QED) is 0.343. The molecule has 0 unspecified atom stereocenters. The maximum absolute atomic E-state index is 12.7. The number of carbonyl (C=O) groups is 3. The molecule has 3 aromatic rings. The molecule has 32 heavy (non-hydrogen) atoms. The molecule has 0 radical (unpaired) electrons. The lowest BCUT2D eigenvalue weighted by molar-refractivity contribution is -0.144. The van der Waals surface area contributed by atoms with Crippen molar-refractivity contribution < 1.29 is 23.5 Å². The van der Waals surface area contributed by atoms with Gasteiger partial charge in [-0.3, -0.25) is 14.4 Å². The van der Waals surface area contributed by atoms with Gasteiger partial charge in [-0.05, 0) is 45.3 Å². The molecule has 2 amide bonds. The summed E-state index contributed by atoms with van der Waals surface area (Å²) >= 11 is 3.14. The summed E-state index contributed by atoms with van der Waals surface area (Å²) in [5.74, 6) is -1.50. The zero-order chi connectivity index (χ0) is 22.8. The highest BCUT2D eigenvalue weighted by atomic mass is 79.9. The molecular weight excluding hydrogens is 476 g/mol. The van der Waals surface area contributed by atoms with Crippen LogP contribution in [0.25, 0.3) is 6.08 Å². The van der Waals surface area contributed by atoms with E-state index in [0.717, 1.165) is 11.1 Å². The van der Waals surface area contributed by atoms with Gasteiger partial charge in [-0.25, -0.2) is 0 Å². The van der Waals surface area contributed by atoms with E-state index in [1.807, 2.05) is 48.5 Å². The molecular formula is C24H21BrN2O5. The van der Waals surface area contributed by atoms with E-state index < -0.39 is 17.8 Å². The Bertz CT molecular complexity index is 1090. The second-order valence-corrected chi connectivity index (χ2v) is 7.46. The molecule has 3 rings (SSSR count). The van der Waals surface area contributed by atoms with Crippen molar-refractivity contribution in [3.05, 3.63) is 100 Å². The number of benzene rings is 2. The smallest absolute Gasteiger partial charge is 0.307 e. The number of rotatable bonds is 9. The minimum atomic E-state index is -0.574. The van der Waals surface area contributed by atoms with Gasteiger partial charge in [-0.15, -0.1) is 0 Å². The molecule has 0 spiro atoms. The fraction of sp³-hybridized carbons (Fsp3) is 0.125. The molecule has 0 saturated heterocycles. The second kappa shape index (κ2) is 11.7. The topological polar surface area (TPSA) is 97.6 Å². The average molecular weight is 497 g/mol. The third-order valence-electron chi connectivity index (χ3n) is 4.26. The summed E-state index contributed by atoms with van der Waals surface area (Å²) in [6.07, 6.45) is 1.54. The highest BCUT2D eigenvalue weighted by molar-refractivity contribution is 9.10. The van der Waals surface area contributed by atoms with Gasteiger partial charge >= 0.3 is 5.97 Å². The Balaban J connectivity index is 1.57. The first kappa shape index (κ1) is 23.0. The maximum Gasteiger partial charge on any atom is 0.307 e. The van der Waals surface area contributed by atoms with Crippen LogP contribution in [0.15, 0.2) is 87.6 Å². The van der Waals surface area contributed by atoms with Crippen molar-refractivity contribution in [1.82, 2.24) is 10.6 Å². The number of esters is 1. The zero-order valence-corrected chi connectivity index (χ0v) is 18.6. The van der Waals surface area contributed by atoms with E-state index >= 15 is 0 Å². The first-order valence-electron chi connectivity index (χ1n) is 9.82. The van der Waals surface area contributed by atoms with E-state index in [1.54, 1.807) is 24.3 Å². The molecule has 7 nitrogen and oxygen atoms in total. The van der Waals surface area contributed by atoms with Crippen molar-refractivity contribution in [1.29, 1.82) is 0 Å². The molecule has 0 aliphatic rings. The molecule has 0 bridgehead atoms. The van der Waals surface area contributed by atoms with Gasteiger partial charge in [0.2, 0.25) is 0 Å². The average Bonchev–Trinajstić information content (AvgIpc) is 3.25. The van der Waals surface area contributed by atoms with Crippen LogP contribution < -0.4 is 10.6 Å². The van der Waals surface area contributed by atoms with E-state index in [4.69, 9.17) is 9.15 Å². The molecule has 2 N–H and O–H groups in total. The monoisotopic (exact) mass is 496 g/mol. The van der Waals surface area contributed by atoms with E-state index in [-0.39, 0.29) is 31.0 Å². The molecule has 2 aromatic carbocycles. The predicted octanol–water partition coefficient (Wildman–Crippen LogP) is 4.06. The molecule has 0 atom stereocenters. The molecule has 0 fully saturated rings. The van der Waals surface area contributed by atoms with Crippen molar-refractivity contribution in [2.75, 3.05) is 6.54 Å². The fourth-order valence-electron chi connectivity index (χ4n) is 2.68. The number of furan rings is 1. The number of ether oxygens (including phenoxy) is 1. The summed E-state index contributed by atoms with van der Waals surface area (Å²) in [6, 6.07) is 21.4. The number of hydrogen-bond acceptors (Lipinski definition) is 5. The van der Waals surface area contributed by atoms with Gasteiger partial charge in [0.15, 0.2) is 10.4 Å². The third kappa shape index (κ3) is 7.24. The summed E-state index contributed by atoms with van der Waals surface area (Å²) in [6.45, 7) is 0.225. The Kier molecular flexibility index (Phi) is 8.39. The summed E-state index contributed by atoms with van der Waals surface area (Å²) in [5, 5.41) is 5.19. The lowest BCUT2D eigenvalue weighted by Gasteiger charge is -2.10. The number of nitrogens with one attached hydrogen (secondary N) is 2. The molecule has 1 heterocycles. The largest absolute Gasteiger partial charge is 0.461 e. The summed E-state index contributed by atoms with van der Waals surface area (Å²) in [7, 11) is 0. The van der Waals surface area contributed by atoms with E-state index in [1.165, 1.54) is 6.07 Å². The van der Waals surface area contributed by atoms with Gasteiger partial charge in [-0.2, -0.15) is 0 Å². The van der Waals surface area contributed by atoms with Crippen LogP contribution in [0.3, 0.4) is 0 Å². The SMILES string of the molecule is O=C(CCNC(=O)C(=Cc1ccccc1)NC(=O)c1ccc(Br)o1)OCc1ccccc1. The summed E-state index contributed by atoms with van der Waals surface area (Å²) < 4.78 is 10.8. The minimum Gasteiger partial charge on any atom is -0.461 e. The normalized spacial score (nSPS) is 11.0. The van der Waals surface area contributed by atoms with Crippen molar-refractivity contribution in [3.63, 3.8) is 0 Å². The van der Waals surface area contributed by atoms with E-state index in [2.05, 4.69) is 26.6 Å². The van der Waals surface area contributed by atoms with Gasteiger partial charge in [0, 0.05) is 6.54 Å². The van der Waals surface area contributed by atoms with Crippen LogP contribution >= 0.6 is 15.9 Å². The number of hydrogen-bond donors (Lipinski definition) is 2. The number of carbonyl (C=O) groups excluding carboxylic acids is 3. The van der Waals surface area contributed by atoms with Crippen LogP contribution in [0.4, 0.5) is 0 Å². The Morgan fingerprint density at radius 1 is 0.938 bits per heavy atom. The van der Waals surface area contributed by atoms with Crippen LogP contribution in [0.1, 0.15) is 28.1 Å². The van der Waals surface area contributed by atoms with Crippen LogP contribution in [-0.4, -0.2) is 24.3 Å². The lowest BCUT2D eigenvalue weighted by atomic mass is 10.2. The van der Waals surface area contributed by atoms with Gasteiger partial charge in [0.25, 0.3) is 11.8 Å². The first-order valence-corrected chi connectivity index (χ1v) is 10.6. The second-order valence-electron chi connectivity index (χ2n) is 6.68. The van der Waals surface area contributed by atoms with Crippen LogP contribution in [-0.2, 0) is 20.9 Å². The molecule has 0 saturated carbocycles. The molecule has 0 aliphatic heterocycles. The fourth-order valence-corrected chi connectivity index (χ4v) is 2.98. The molecule has 164 valence electrons. The first-order chi connectivity index (χ1) is 15.5. The van der Waals surface area contributed by atoms with Crippen molar-refractivity contribution >= 4 is 39.8 Å². The Labute approximate surface area is 193 Å². The van der Waals surface area contributed by atoms with Gasteiger partial charge in [0.05, 0.1) is 6.42 Å². The Morgan fingerprint density at radius 3 is 2.28 bits per heavy atom. The van der Waals surface area contributed by atoms with Crippen LogP contribution in [0, 0.1) is 0 Å². The zero-order valence-electron chi connectivity index (χ0n) is 17.0. The minimum absolute atomic E-state index is 0.00370. The lowest BCUT2D eigenvalue weighted by Crippen LogP contribution is -2.35. The number of amides is 2. The van der Waals surface area contributed by atoms with Gasteiger partial charge in [0.1, 0.15) is 12.3 Å². The van der Waals surface area contributed by atoms with Crippen molar-refractivity contribution in [3.8, 4) is 0 Å². The Hall–Kier alpha value is -3.65. The Morgan fingerprint density at radius 2 is 1.62 bits per heavy atom. The summed E-state index contributed by atoms with van der Waals surface area (Å²) in [5.41, 5.74) is 1.62. The van der Waals surface area contributed by atoms with Gasteiger partial charge in [-0.1, -0.05) is 60.7 Å². The van der Waals surface area contributed by atoms with Crippen LogP contribution in [0.5, 0.6) is 0 Å². The van der Waals surface area contributed by atoms with Crippen molar-refractivity contribution in [2.24, 2.45) is 0 Å². The highest BCUT2D eigenvalue weighted by Crippen LogP contribution is 2.14. The van der Waals surface area contributed by atoms with Crippen molar-refractivity contribution in [2.45, 2.75) is 13.0 Å². The predicted molar refractivity (Wildman–Crippen MR) is 122 cm³/mol.